The Morgan fingerprint density at radius 1 is 0.344 bits per heavy atom. The standard InChI is InChI=1S/C55H104O6/c1-4-7-10-13-16-19-22-25-27-30-33-36-39-42-45-48-51(57)54(60)55(61,52(58)49-46-43-40-37-34-31-28-26-23-20-17-14-11-8-5-2)53(59)50(56)47-44-41-38-35-32-29-24-21-18-15-12-9-6-3/h26,28,53-54,59-61H,4-25,27,29-49H2,1-3H3/b28-26-. The first-order chi connectivity index (χ1) is 29.8. The third-order valence-corrected chi connectivity index (χ3v) is 13.1. The second-order valence-electron chi connectivity index (χ2n) is 19.0. The van der Waals surface area contributed by atoms with Gasteiger partial charge in [-0.25, -0.2) is 0 Å². The highest BCUT2D eigenvalue weighted by molar-refractivity contribution is 6.01. The summed E-state index contributed by atoms with van der Waals surface area (Å²) in [6.45, 7) is 6.75. The van der Waals surface area contributed by atoms with Gasteiger partial charge in [0.2, 0.25) is 0 Å². The van der Waals surface area contributed by atoms with Gasteiger partial charge in [-0.15, -0.1) is 0 Å². The molecule has 61 heavy (non-hydrogen) atoms. The Morgan fingerprint density at radius 3 is 0.820 bits per heavy atom. The highest BCUT2D eigenvalue weighted by Gasteiger charge is 2.53. The van der Waals surface area contributed by atoms with Crippen LogP contribution in [0.1, 0.15) is 303 Å². The third-order valence-electron chi connectivity index (χ3n) is 13.1. The average Bonchev–Trinajstić information content (AvgIpc) is 3.26. The molecule has 6 heteroatoms. The summed E-state index contributed by atoms with van der Waals surface area (Å²) in [4.78, 5) is 40.1. The van der Waals surface area contributed by atoms with Gasteiger partial charge in [0.1, 0.15) is 0 Å². The number of hydrogen-bond donors (Lipinski definition) is 3. The van der Waals surface area contributed by atoms with Crippen LogP contribution in [-0.2, 0) is 14.4 Å². The second-order valence-corrected chi connectivity index (χ2v) is 19.0. The Balaban J connectivity index is 4.77. The van der Waals surface area contributed by atoms with Crippen LogP contribution in [0.2, 0.25) is 0 Å². The summed E-state index contributed by atoms with van der Waals surface area (Å²) in [6, 6.07) is 0. The van der Waals surface area contributed by atoms with E-state index in [-0.39, 0.29) is 19.3 Å². The molecule has 0 aliphatic heterocycles. The Kier molecular flexibility index (Phi) is 44.2. The SMILES string of the molecule is CCCCCCCC/C=C\CCCCCCCC(=O)C(O)(C(O)C(=O)CCCCCCCCCCCCCCC)C(O)C(=O)CCCCCCCCCCCCCCCCC. The molecule has 0 aromatic carbocycles. The highest BCUT2D eigenvalue weighted by atomic mass is 16.4. The minimum atomic E-state index is -2.80. The van der Waals surface area contributed by atoms with Crippen molar-refractivity contribution >= 4 is 17.3 Å². The summed E-state index contributed by atoms with van der Waals surface area (Å²) in [5.41, 5.74) is -2.80. The summed E-state index contributed by atoms with van der Waals surface area (Å²) in [7, 11) is 0. The van der Waals surface area contributed by atoms with E-state index in [1.54, 1.807) is 0 Å². The fraction of sp³-hybridized carbons (Fsp3) is 0.909. The van der Waals surface area contributed by atoms with E-state index in [2.05, 4.69) is 32.9 Å². The molecular formula is C55H104O6. The zero-order chi connectivity index (χ0) is 44.9. The van der Waals surface area contributed by atoms with Gasteiger partial charge in [0.15, 0.2) is 35.2 Å². The molecule has 3 atom stereocenters. The van der Waals surface area contributed by atoms with Crippen LogP contribution in [0.4, 0.5) is 0 Å². The lowest BCUT2D eigenvalue weighted by molar-refractivity contribution is -0.181. The molecule has 0 heterocycles. The Labute approximate surface area is 379 Å². The molecule has 0 rings (SSSR count). The van der Waals surface area contributed by atoms with Crippen LogP contribution < -0.4 is 0 Å². The number of allylic oxidation sites excluding steroid dienone is 2. The molecule has 0 spiro atoms. The first-order valence-electron chi connectivity index (χ1n) is 27.1. The van der Waals surface area contributed by atoms with Crippen LogP contribution in [0.5, 0.6) is 0 Å². The van der Waals surface area contributed by atoms with Crippen LogP contribution in [0.25, 0.3) is 0 Å². The third kappa shape index (κ3) is 34.7. The molecule has 0 saturated heterocycles. The predicted molar refractivity (Wildman–Crippen MR) is 261 cm³/mol. The van der Waals surface area contributed by atoms with E-state index in [1.165, 1.54) is 167 Å². The van der Waals surface area contributed by atoms with Crippen LogP contribution in [0.15, 0.2) is 12.2 Å². The lowest BCUT2D eigenvalue weighted by Crippen LogP contribution is -2.63. The van der Waals surface area contributed by atoms with Crippen molar-refractivity contribution in [2.75, 3.05) is 0 Å². The largest absolute Gasteiger partial charge is 0.382 e. The number of ketones is 3. The van der Waals surface area contributed by atoms with Crippen LogP contribution in [-0.4, -0.2) is 50.5 Å². The van der Waals surface area contributed by atoms with Gasteiger partial charge in [-0.1, -0.05) is 251 Å². The predicted octanol–water partition coefficient (Wildman–Crippen LogP) is 15.9. The van der Waals surface area contributed by atoms with Crippen molar-refractivity contribution in [3.63, 3.8) is 0 Å². The maximum atomic E-state index is 13.6. The van der Waals surface area contributed by atoms with E-state index in [0.29, 0.717) is 19.3 Å². The molecule has 0 aliphatic carbocycles. The molecule has 0 bridgehead atoms. The van der Waals surface area contributed by atoms with Gasteiger partial charge in [-0.05, 0) is 44.9 Å². The summed E-state index contributed by atoms with van der Waals surface area (Å²) in [5, 5.41) is 34.1. The van der Waals surface area contributed by atoms with E-state index in [4.69, 9.17) is 0 Å². The van der Waals surface area contributed by atoms with Crippen LogP contribution in [0.3, 0.4) is 0 Å². The Bertz CT molecular complexity index is 1010. The van der Waals surface area contributed by atoms with Crippen LogP contribution in [0, 0.1) is 0 Å². The number of carbonyl (C=O) groups is 3. The molecule has 0 radical (unpaired) electrons. The number of hydrogen-bond acceptors (Lipinski definition) is 6. The number of Topliss-reactive ketones (excluding diaryl/α,β-unsaturated/α-hetero) is 3. The van der Waals surface area contributed by atoms with Crippen molar-refractivity contribution in [1.82, 2.24) is 0 Å². The number of aliphatic hydroxyl groups excluding tert-OH is 2. The highest BCUT2D eigenvalue weighted by Crippen LogP contribution is 2.26. The summed E-state index contributed by atoms with van der Waals surface area (Å²) in [5.74, 6) is -2.13. The molecule has 6 nitrogen and oxygen atoms in total. The second kappa shape index (κ2) is 45.2. The number of rotatable bonds is 50. The molecule has 3 unspecified atom stereocenters. The van der Waals surface area contributed by atoms with E-state index >= 15 is 0 Å². The maximum absolute atomic E-state index is 13.6. The molecule has 0 aromatic rings. The molecule has 0 saturated carbocycles. The van der Waals surface area contributed by atoms with E-state index < -0.39 is 35.2 Å². The van der Waals surface area contributed by atoms with E-state index in [1.807, 2.05) is 0 Å². The first-order valence-corrected chi connectivity index (χ1v) is 27.1. The quantitative estimate of drug-likeness (QED) is 0.0415. The van der Waals surface area contributed by atoms with Crippen molar-refractivity contribution in [1.29, 1.82) is 0 Å². The lowest BCUT2D eigenvalue weighted by Gasteiger charge is -2.34. The molecule has 360 valence electrons. The lowest BCUT2D eigenvalue weighted by atomic mass is 9.78. The fourth-order valence-electron chi connectivity index (χ4n) is 8.76. The van der Waals surface area contributed by atoms with E-state index in [0.717, 1.165) is 77.0 Å². The van der Waals surface area contributed by atoms with Gasteiger partial charge in [0, 0.05) is 19.3 Å². The fourth-order valence-corrected chi connectivity index (χ4v) is 8.76. The maximum Gasteiger partial charge on any atom is 0.189 e. The van der Waals surface area contributed by atoms with Gasteiger partial charge in [-0.3, -0.25) is 14.4 Å². The van der Waals surface area contributed by atoms with Gasteiger partial charge in [0.05, 0.1) is 0 Å². The zero-order valence-corrected chi connectivity index (χ0v) is 41.0. The van der Waals surface area contributed by atoms with E-state index in [9.17, 15) is 29.7 Å². The molecule has 0 aromatic heterocycles. The normalized spacial score (nSPS) is 13.8. The Hall–Kier alpha value is -1.37. The minimum absolute atomic E-state index is 0.0158. The minimum Gasteiger partial charge on any atom is -0.382 e. The van der Waals surface area contributed by atoms with Gasteiger partial charge < -0.3 is 15.3 Å². The number of aliphatic hydroxyl groups is 3. The molecular weight excluding hydrogens is 757 g/mol. The summed E-state index contributed by atoms with van der Waals surface area (Å²) in [6.07, 6.45) is 47.8. The molecule has 0 fully saturated rings. The van der Waals surface area contributed by atoms with Gasteiger partial charge in [-0.2, -0.15) is 0 Å². The van der Waals surface area contributed by atoms with Crippen molar-refractivity contribution in [2.24, 2.45) is 0 Å². The van der Waals surface area contributed by atoms with Crippen molar-refractivity contribution < 1.29 is 29.7 Å². The van der Waals surface area contributed by atoms with Crippen LogP contribution >= 0.6 is 0 Å². The molecule has 0 aliphatic rings. The molecule has 3 N–H and O–H groups in total. The monoisotopic (exact) mass is 861 g/mol. The average molecular weight is 861 g/mol. The summed E-state index contributed by atoms with van der Waals surface area (Å²) < 4.78 is 0. The van der Waals surface area contributed by atoms with Crippen molar-refractivity contribution in [3.05, 3.63) is 12.2 Å². The number of carbonyl (C=O) groups excluding carboxylic acids is 3. The first kappa shape index (κ1) is 59.6. The van der Waals surface area contributed by atoms with Crippen molar-refractivity contribution in [2.45, 2.75) is 321 Å². The Morgan fingerprint density at radius 2 is 0.557 bits per heavy atom. The smallest absolute Gasteiger partial charge is 0.189 e. The van der Waals surface area contributed by atoms with Gasteiger partial charge >= 0.3 is 0 Å². The number of unbranched alkanes of at least 4 members (excludes halogenated alkanes) is 37. The van der Waals surface area contributed by atoms with Crippen molar-refractivity contribution in [3.8, 4) is 0 Å². The van der Waals surface area contributed by atoms with Gasteiger partial charge in [0.25, 0.3) is 0 Å². The topological polar surface area (TPSA) is 112 Å². The summed E-state index contributed by atoms with van der Waals surface area (Å²) >= 11 is 0. The molecule has 0 amide bonds. The zero-order valence-electron chi connectivity index (χ0n) is 41.0.